The van der Waals surface area contributed by atoms with Crippen molar-refractivity contribution in [2.75, 3.05) is 0 Å². The van der Waals surface area contributed by atoms with Gasteiger partial charge in [-0.3, -0.25) is 10.1 Å². The lowest BCUT2D eigenvalue weighted by molar-refractivity contribution is -0.384. The van der Waals surface area contributed by atoms with Crippen LogP contribution >= 0.6 is 0 Å². The van der Waals surface area contributed by atoms with Gasteiger partial charge in [-0.1, -0.05) is 18.2 Å². The standard InChI is InChI=1S/C15H9F3N4O2/c16-15(17,18)11-4-2-5-12(8-11)21-14(19-9-20-21)10-3-1-6-13(7-10)22(23)24/h1-9H. The second-order valence-corrected chi connectivity index (χ2v) is 4.85. The fraction of sp³-hybridized carbons (Fsp3) is 0.0667. The third kappa shape index (κ3) is 2.96. The van der Waals surface area contributed by atoms with Gasteiger partial charge >= 0.3 is 6.18 Å². The van der Waals surface area contributed by atoms with Crippen molar-refractivity contribution < 1.29 is 18.1 Å². The largest absolute Gasteiger partial charge is 0.416 e. The molecule has 0 amide bonds. The van der Waals surface area contributed by atoms with Gasteiger partial charge in [0.2, 0.25) is 0 Å². The molecule has 2 aromatic carbocycles. The van der Waals surface area contributed by atoms with Gasteiger partial charge in [0.1, 0.15) is 6.33 Å². The van der Waals surface area contributed by atoms with E-state index in [2.05, 4.69) is 10.1 Å². The highest BCUT2D eigenvalue weighted by Crippen LogP contribution is 2.31. The minimum Gasteiger partial charge on any atom is -0.258 e. The number of nitro groups is 1. The van der Waals surface area contributed by atoms with E-state index in [1.54, 1.807) is 6.07 Å². The third-order valence-corrected chi connectivity index (χ3v) is 3.28. The number of alkyl halides is 3. The smallest absolute Gasteiger partial charge is 0.258 e. The summed E-state index contributed by atoms with van der Waals surface area (Å²) in [4.78, 5) is 14.3. The van der Waals surface area contributed by atoms with Gasteiger partial charge in [-0.2, -0.15) is 18.3 Å². The Balaban J connectivity index is 2.09. The molecule has 9 heteroatoms. The first kappa shape index (κ1) is 15.7. The van der Waals surface area contributed by atoms with E-state index in [-0.39, 0.29) is 17.2 Å². The van der Waals surface area contributed by atoms with E-state index in [9.17, 15) is 23.3 Å². The lowest BCUT2D eigenvalue weighted by Gasteiger charge is -2.10. The third-order valence-electron chi connectivity index (χ3n) is 3.28. The summed E-state index contributed by atoms with van der Waals surface area (Å²) in [6, 6.07) is 10.2. The van der Waals surface area contributed by atoms with Gasteiger partial charge in [-0.25, -0.2) is 9.67 Å². The van der Waals surface area contributed by atoms with Gasteiger partial charge in [-0.15, -0.1) is 0 Å². The Morgan fingerprint density at radius 3 is 2.54 bits per heavy atom. The van der Waals surface area contributed by atoms with E-state index >= 15 is 0 Å². The van der Waals surface area contributed by atoms with Gasteiger partial charge in [0.05, 0.1) is 16.2 Å². The molecule has 1 heterocycles. The number of nitrogens with zero attached hydrogens (tertiary/aromatic N) is 4. The number of hydrogen-bond donors (Lipinski definition) is 0. The maximum absolute atomic E-state index is 12.9. The summed E-state index contributed by atoms with van der Waals surface area (Å²) in [5.74, 6) is 0.207. The van der Waals surface area contributed by atoms with Crippen molar-refractivity contribution in [1.29, 1.82) is 0 Å². The Bertz CT molecular complexity index is 905. The molecule has 0 saturated heterocycles. The average molecular weight is 334 g/mol. The summed E-state index contributed by atoms with van der Waals surface area (Å²) in [6.07, 6.45) is -3.31. The molecular formula is C15H9F3N4O2. The van der Waals surface area contributed by atoms with E-state index in [0.29, 0.717) is 5.56 Å². The van der Waals surface area contributed by atoms with Gasteiger partial charge < -0.3 is 0 Å². The monoisotopic (exact) mass is 334 g/mol. The highest BCUT2D eigenvalue weighted by molar-refractivity contribution is 5.61. The summed E-state index contributed by atoms with van der Waals surface area (Å²) in [5.41, 5.74) is -0.436. The highest BCUT2D eigenvalue weighted by atomic mass is 19.4. The second-order valence-electron chi connectivity index (χ2n) is 4.85. The maximum Gasteiger partial charge on any atom is 0.416 e. The van der Waals surface area contributed by atoms with Crippen LogP contribution < -0.4 is 0 Å². The molecule has 6 nitrogen and oxygen atoms in total. The Labute approximate surface area is 133 Å². The van der Waals surface area contributed by atoms with Crippen molar-refractivity contribution in [2.45, 2.75) is 6.18 Å². The molecule has 0 fully saturated rings. The molecule has 0 aliphatic heterocycles. The average Bonchev–Trinajstić information content (AvgIpc) is 3.04. The van der Waals surface area contributed by atoms with Crippen LogP contribution in [0.1, 0.15) is 5.56 Å². The van der Waals surface area contributed by atoms with Crippen molar-refractivity contribution >= 4 is 5.69 Å². The minimum atomic E-state index is -4.48. The fourth-order valence-corrected chi connectivity index (χ4v) is 2.20. The number of non-ortho nitro benzene ring substituents is 1. The zero-order valence-corrected chi connectivity index (χ0v) is 11.9. The highest BCUT2D eigenvalue weighted by Gasteiger charge is 2.30. The molecule has 0 aliphatic carbocycles. The lowest BCUT2D eigenvalue weighted by atomic mass is 10.1. The van der Waals surface area contributed by atoms with Crippen molar-refractivity contribution in [3.63, 3.8) is 0 Å². The molecule has 0 unspecified atom stereocenters. The number of halogens is 3. The predicted octanol–water partition coefficient (Wildman–Crippen LogP) is 3.86. The van der Waals surface area contributed by atoms with Gasteiger partial charge in [0.25, 0.3) is 5.69 Å². The van der Waals surface area contributed by atoms with E-state index in [1.807, 2.05) is 0 Å². The van der Waals surface area contributed by atoms with Crippen molar-refractivity contribution in [3.8, 4) is 17.1 Å². The molecule has 24 heavy (non-hydrogen) atoms. The van der Waals surface area contributed by atoms with Crippen molar-refractivity contribution in [1.82, 2.24) is 14.8 Å². The first-order chi connectivity index (χ1) is 11.4. The van der Waals surface area contributed by atoms with Crippen LogP contribution in [0.4, 0.5) is 18.9 Å². The van der Waals surface area contributed by atoms with Crippen LogP contribution in [-0.2, 0) is 6.18 Å². The molecule has 122 valence electrons. The summed E-state index contributed by atoms with van der Waals surface area (Å²) in [6.45, 7) is 0. The van der Waals surface area contributed by atoms with Gasteiger partial charge in [0.15, 0.2) is 5.82 Å². The zero-order valence-electron chi connectivity index (χ0n) is 11.9. The van der Waals surface area contributed by atoms with E-state index in [1.165, 1.54) is 41.3 Å². The molecule has 0 N–H and O–H groups in total. The Morgan fingerprint density at radius 1 is 1.08 bits per heavy atom. The van der Waals surface area contributed by atoms with E-state index in [4.69, 9.17) is 0 Å². The molecular weight excluding hydrogens is 325 g/mol. The number of hydrogen-bond acceptors (Lipinski definition) is 4. The zero-order chi connectivity index (χ0) is 17.3. The SMILES string of the molecule is O=[N+]([O-])c1cccc(-c2ncnn2-c2cccc(C(F)(F)F)c2)c1. The minimum absolute atomic E-state index is 0.147. The second kappa shape index (κ2) is 5.76. The molecule has 0 atom stereocenters. The summed E-state index contributed by atoms with van der Waals surface area (Å²) in [5, 5.41) is 14.8. The van der Waals surface area contributed by atoms with E-state index < -0.39 is 16.7 Å². The maximum atomic E-state index is 12.9. The van der Waals surface area contributed by atoms with Crippen LogP contribution in [0.25, 0.3) is 17.1 Å². The van der Waals surface area contributed by atoms with Crippen LogP contribution in [-0.4, -0.2) is 19.7 Å². The van der Waals surface area contributed by atoms with E-state index in [0.717, 1.165) is 12.1 Å². The number of rotatable bonds is 3. The van der Waals surface area contributed by atoms with Gasteiger partial charge in [0, 0.05) is 17.7 Å². The number of benzene rings is 2. The predicted molar refractivity (Wildman–Crippen MR) is 78.5 cm³/mol. The molecule has 0 bridgehead atoms. The topological polar surface area (TPSA) is 73.8 Å². The number of aromatic nitrogens is 3. The Hall–Kier alpha value is -3.23. The molecule has 0 spiro atoms. The number of nitro benzene ring substituents is 1. The first-order valence-corrected chi connectivity index (χ1v) is 6.69. The molecule has 3 aromatic rings. The van der Waals surface area contributed by atoms with Crippen LogP contribution in [0, 0.1) is 10.1 Å². The van der Waals surface area contributed by atoms with Crippen LogP contribution in [0.5, 0.6) is 0 Å². The van der Waals surface area contributed by atoms with Crippen LogP contribution in [0.15, 0.2) is 54.9 Å². The van der Waals surface area contributed by atoms with Crippen molar-refractivity contribution in [2.24, 2.45) is 0 Å². The molecule has 3 rings (SSSR count). The quantitative estimate of drug-likeness (QED) is 0.538. The molecule has 0 radical (unpaired) electrons. The summed E-state index contributed by atoms with van der Waals surface area (Å²) >= 11 is 0. The molecule has 0 saturated carbocycles. The first-order valence-electron chi connectivity index (χ1n) is 6.69. The Kier molecular flexibility index (Phi) is 3.76. The van der Waals surface area contributed by atoms with Crippen molar-refractivity contribution in [3.05, 3.63) is 70.5 Å². The van der Waals surface area contributed by atoms with Crippen LogP contribution in [0.3, 0.4) is 0 Å². The fourth-order valence-electron chi connectivity index (χ4n) is 2.20. The molecule has 1 aromatic heterocycles. The van der Waals surface area contributed by atoms with Crippen LogP contribution in [0.2, 0.25) is 0 Å². The normalized spacial score (nSPS) is 11.5. The summed E-state index contributed by atoms with van der Waals surface area (Å²) in [7, 11) is 0. The Morgan fingerprint density at radius 2 is 1.83 bits per heavy atom. The molecule has 0 aliphatic rings. The lowest BCUT2D eigenvalue weighted by Crippen LogP contribution is -2.07. The van der Waals surface area contributed by atoms with Gasteiger partial charge in [-0.05, 0) is 18.2 Å². The summed E-state index contributed by atoms with van der Waals surface area (Å²) < 4.78 is 39.8.